The van der Waals surface area contributed by atoms with Crippen LogP contribution in [0.3, 0.4) is 0 Å². The molecular formula is C18H11ClFN3OS. The van der Waals surface area contributed by atoms with Crippen molar-refractivity contribution in [3.8, 4) is 5.69 Å². The number of nitrogens with zero attached hydrogens (tertiary/aromatic N) is 2. The van der Waals surface area contributed by atoms with Gasteiger partial charge in [-0.25, -0.2) is 9.07 Å². The number of anilines is 1. The number of aromatic nitrogens is 2. The molecule has 0 atom stereocenters. The van der Waals surface area contributed by atoms with E-state index in [1.807, 2.05) is 30.5 Å². The van der Waals surface area contributed by atoms with Gasteiger partial charge in [0.1, 0.15) is 10.7 Å². The van der Waals surface area contributed by atoms with E-state index >= 15 is 0 Å². The number of thiophene rings is 1. The highest BCUT2D eigenvalue weighted by atomic mass is 35.5. The molecule has 0 bridgehead atoms. The molecule has 0 aliphatic carbocycles. The van der Waals surface area contributed by atoms with Crippen molar-refractivity contribution in [3.63, 3.8) is 0 Å². The van der Waals surface area contributed by atoms with Gasteiger partial charge >= 0.3 is 0 Å². The van der Waals surface area contributed by atoms with Crippen LogP contribution in [0.2, 0.25) is 5.02 Å². The average molecular weight is 372 g/mol. The molecule has 0 spiro atoms. The van der Waals surface area contributed by atoms with Gasteiger partial charge in [0.05, 0.1) is 10.7 Å². The minimum absolute atomic E-state index is 0.329. The molecule has 2 aromatic carbocycles. The number of carbonyl (C=O) groups excluding carboxylic acids is 1. The number of hydrogen-bond donors (Lipinski definition) is 1. The Morgan fingerprint density at radius 1 is 1.20 bits per heavy atom. The zero-order valence-electron chi connectivity index (χ0n) is 12.7. The minimum atomic E-state index is -0.357. The van der Waals surface area contributed by atoms with Crippen LogP contribution in [0.15, 0.2) is 60.9 Å². The van der Waals surface area contributed by atoms with Gasteiger partial charge in [-0.1, -0.05) is 17.7 Å². The molecule has 0 radical (unpaired) electrons. The van der Waals surface area contributed by atoms with Gasteiger partial charge in [-0.3, -0.25) is 4.79 Å². The summed E-state index contributed by atoms with van der Waals surface area (Å²) in [6.07, 6.45) is 3.50. The van der Waals surface area contributed by atoms with Crippen LogP contribution in [-0.2, 0) is 0 Å². The Kier molecular flexibility index (Phi) is 3.99. The number of benzene rings is 2. The Morgan fingerprint density at radius 2 is 2.08 bits per heavy atom. The van der Waals surface area contributed by atoms with Gasteiger partial charge in [0.2, 0.25) is 0 Å². The van der Waals surface area contributed by atoms with Crippen molar-refractivity contribution < 1.29 is 9.18 Å². The second-order valence-corrected chi connectivity index (χ2v) is 6.77. The molecule has 0 aliphatic rings. The Bertz CT molecular complexity index is 1080. The monoisotopic (exact) mass is 371 g/mol. The number of rotatable bonds is 3. The molecule has 2 heterocycles. The number of hydrogen-bond acceptors (Lipinski definition) is 3. The predicted molar refractivity (Wildman–Crippen MR) is 98.3 cm³/mol. The Morgan fingerprint density at radius 3 is 2.88 bits per heavy atom. The van der Waals surface area contributed by atoms with Crippen LogP contribution in [0.25, 0.3) is 15.8 Å². The van der Waals surface area contributed by atoms with Gasteiger partial charge in [-0.05, 0) is 42.5 Å². The highest BCUT2D eigenvalue weighted by molar-refractivity contribution is 7.21. The fraction of sp³-hybridized carbons (Fsp3) is 0. The summed E-state index contributed by atoms with van der Waals surface area (Å²) in [6.45, 7) is 0. The van der Waals surface area contributed by atoms with Gasteiger partial charge in [0, 0.05) is 28.2 Å². The second kappa shape index (κ2) is 6.31. The number of fused-ring (bicyclic) bond motifs is 1. The van der Waals surface area contributed by atoms with Crippen molar-refractivity contribution >= 4 is 44.6 Å². The lowest BCUT2D eigenvalue weighted by molar-refractivity contribution is 0.103. The van der Waals surface area contributed by atoms with E-state index in [1.165, 1.54) is 23.5 Å². The number of halogens is 2. The smallest absolute Gasteiger partial charge is 0.267 e. The van der Waals surface area contributed by atoms with Crippen molar-refractivity contribution in [2.75, 3.05) is 5.32 Å². The average Bonchev–Trinajstić information content (AvgIpc) is 3.23. The first-order valence-electron chi connectivity index (χ1n) is 7.41. The van der Waals surface area contributed by atoms with Gasteiger partial charge in [-0.2, -0.15) is 5.10 Å². The molecule has 4 aromatic rings. The third-order valence-electron chi connectivity index (χ3n) is 3.67. The summed E-state index contributed by atoms with van der Waals surface area (Å²) in [5.41, 5.74) is 1.45. The van der Waals surface area contributed by atoms with Gasteiger partial charge < -0.3 is 5.32 Å². The molecule has 4 rings (SSSR count). The van der Waals surface area contributed by atoms with Gasteiger partial charge in [0.25, 0.3) is 5.91 Å². The Hall–Kier alpha value is -2.70. The van der Waals surface area contributed by atoms with E-state index in [0.29, 0.717) is 25.7 Å². The van der Waals surface area contributed by atoms with Gasteiger partial charge in [0.15, 0.2) is 0 Å². The highest BCUT2D eigenvalue weighted by Gasteiger charge is 2.17. The SMILES string of the molecule is O=C(Nc1cccc(-n2cccn2)c1)c1sc2cc(F)ccc2c1Cl. The molecule has 0 unspecified atom stereocenters. The number of nitrogens with one attached hydrogen (secondary N) is 1. The van der Waals surface area contributed by atoms with Crippen LogP contribution >= 0.6 is 22.9 Å². The standard InChI is InChI=1S/C18H11ClFN3OS/c19-16-14-6-5-11(20)9-15(14)25-17(16)18(24)22-12-3-1-4-13(10-12)23-8-2-7-21-23/h1-10H,(H,22,24). The minimum Gasteiger partial charge on any atom is -0.321 e. The number of carbonyl (C=O) groups is 1. The van der Waals surface area contributed by atoms with Crippen LogP contribution < -0.4 is 5.32 Å². The summed E-state index contributed by atoms with van der Waals surface area (Å²) in [5, 5.41) is 8.00. The maximum Gasteiger partial charge on any atom is 0.267 e. The summed E-state index contributed by atoms with van der Waals surface area (Å²) >= 11 is 7.46. The molecule has 0 fully saturated rings. The molecule has 25 heavy (non-hydrogen) atoms. The maximum absolute atomic E-state index is 13.4. The first-order chi connectivity index (χ1) is 12.1. The van der Waals surface area contributed by atoms with E-state index in [2.05, 4.69) is 10.4 Å². The lowest BCUT2D eigenvalue weighted by Crippen LogP contribution is -2.11. The molecule has 7 heteroatoms. The van der Waals surface area contributed by atoms with E-state index in [0.717, 1.165) is 5.69 Å². The highest BCUT2D eigenvalue weighted by Crippen LogP contribution is 2.36. The summed E-state index contributed by atoms with van der Waals surface area (Å²) in [5.74, 6) is -0.687. The molecule has 0 aliphatic heterocycles. The topological polar surface area (TPSA) is 46.9 Å². The summed E-state index contributed by atoms with van der Waals surface area (Å²) in [4.78, 5) is 12.9. The third-order valence-corrected chi connectivity index (χ3v) is 5.33. The van der Waals surface area contributed by atoms with E-state index in [-0.39, 0.29) is 11.7 Å². The van der Waals surface area contributed by atoms with Crippen molar-refractivity contribution in [2.24, 2.45) is 0 Å². The van der Waals surface area contributed by atoms with Crippen LogP contribution in [0.4, 0.5) is 10.1 Å². The maximum atomic E-state index is 13.4. The molecule has 1 N–H and O–H groups in total. The zero-order valence-corrected chi connectivity index (χ0v) is 14.3. The van der Waals surface area contributed by atoms with Crippen molar-refractivity contribution in [1.82, 2.24) is 9.78 Å². The third kappa shape index (κ3) is 3.01. The number of amides is 1. The predicted octanol–water partition coefficient (Wildman–Crippen LogP) is 5.13. The van der Waals surface area contributed by atoms with Crippen molar-refractivity contribution in [3.05, 3.63) is 76.6 Å². The molecule has 124 valence electrons. The van der Waals surface area contributed by atoms with E-state index < -0.39 is 0 Å². The van der Waals surface area contributed by atoms with Crippen LogP contribution in [0.1, 0.15) is 9.67 Å². The lowest BCUT2D eigenvalue weighted by atomic mass is 10.2. The van der Waals surface area contributed by atoms with Crippen molar-refractivity contribution in [1.29, 1.82) is 0 Å². The Labute approximate surface area is 151 Å². The van der Waals surface area contributed by atoms with E-state index in [1.54, 1.807) is 23.0 Å². The normalized spacial score (nSPS) is 11.0. The van der Waals surface area contributed by atoms with Gasteiger partial charge in [-0.15, -0.1) is 11.3 Å². The molecule has 4 nitrogen and oxygen atoms in total. The van der Waals surface area contributed by atoms with Crippen LogP contribution in [-0.4, -0.2) is 15.7 Å². The van der Waals surface area contributed by atoms with E-state index in [4.69, 9.17) is 11.6 Å². The molecule has 2 aromatic heterocycles. The quantitative estimate of drug-likeness (QED) is 0.542. The molecule has 0 saturated heterocycles. The van der Waals surface area contributed by atoms with Crippen LogP contribution in [0.5, 0.6) is 0 Å². The zero-order chi connectivity index (χ0) is 17.4. The molecule has 0 saturated carbocycles. The summed E-state index contributed by atoms with van der Waals surface area (Å²) in [7, 11) is 0. The molecule has 1 amide bonds. The summed E-state index contributed by atoms with van der Waals surface area (Å²) in [6, 6.07) is 13.4. The molecular weight excluding hydrogens is 361 g/mol. The first-order valence-corrected chi connectivity index (χ1v) is 8.60. The second-order valence-electron chi connectivity index (χ2n) is 5.34. The van der Waals surface area contributed by atoms with Crippen molar-refractivity contribution in [2.45, 2.75) is 0 Å². The fourth-order valence-corrected chi connectivity index (χ4v) is 3.96. The summed E-state index contributed by atoms with van der Waals surface area (Å²) < 4.78 is 15.7. The largest absolute Gasteiger partial charge is 0.321 e. The van der Waals surface area contributed by atoms with E-state index in [9.17, 15) is 9.18 Å². The fourth-order valence-electron chi connectivity index (χ4n) is 2.52. The Balaban J connectivity index is 1.64. The first kappa shape index (κ1) is 15.8. The van der Waals surface area contributed by atoms with Crippen LogP contribution in [0, 0.1) is 5.82 Å². The lowest BCUT2D eigenvalue weighted by Gasteiger charge is -2.07.